The first-order valence-electron chi connectivity index (χ1n) is 6.00. The summed E-state index contributed by atoms with van der Waals surface area (Å²) >= 11 is 0. The van der Waals surface area contributed by atoms with Crippen molar-refractivity contribution in [1.82, 2.24) is 0 Å². The monoisotopic (exact) mass is 257 g/mol. The van der Waals surface area contributed by atoms with Crippen LogP contribution in [-0.4, -0.2) is 13.2 Å². The zero-order chi connectivity index (χ0) is 12.1. The molecular formula is C14H24ClNO. The van der Waals surface area contributed by atoms with E-state index >= 15 is 0 Å². The lowest BCUT2D eigenvalue weighted by Crippen LogP contribution is -2.21. The van der Waals surface area contributed by atoms with Crippen LogP contribution in [0, 0.1) is 0 Å². The number of rotatable bonds is 5. The van der Waals surface area contributed by atoms with Crippen molar-refractivity contribution in [2.45, 2.75) is 45.6 Å². The molecule has 17 heavy (non-hydrogen) atoms. The van der Waals surface area contributed by atoms with Crippen LogP contribution in [0.4, 0.5) is 0 Å². The average molecular weight is 258 g/mol. The molecule has 0 radical (unpaired) electrons. The molecule has 0 saturated heterocycles. The fraction of sp³-hybridized carbons (Fsp3) is 0.571. The van der Waals surface area contributed by atoms with Crippen LogP contribution in [0.15, 0.2) is 18.2 Å². The van der Waals surface area contributed by atoms with Crippen molar-refractivity contribution in [3.8, 4) is 5.75 Å². The molecule has 1 aromatic rings. The average Bonchev–Trinajstić information content (AvgIpc) is 2.28. The maximum Gasteiger partial charge on any atom is 0.122 e. The predicted octanol–water partition coefficient (Wildman–Crippen LogP) is 3.52. The molecule has 0 spiro atoms. The van der Waals surface area contributed by atoms with Gasteiger partial charge in [0.1, 0.15) is 5.75 Å². The minimum absolute atomic E-state index is 0. The maximum absolute atomic E-state index is 6.00. The zero-order valence-electron chi connectivity index (χ0n) is 11.2. The van der Waals surface area contributed by atoms with Gasteiger partial charge in [0.2, 0.25) is 0 Å². The van der Waals surface area contributed by atoms with Crippen molar-refractivity contribution in [3.05, 3.63) is 29.3 Å². The van der Waals surface area contributed by atoms with Crippen LogP contribution in [-0.2, 0) is 6.42 Å². The van der Waals surface area contributed by atoms with E-state index in [2.05, 4.69) is 32.9 Å². The molecule has 0 saturated carbocycles. The number of halogens is 1. The van der Waals surface area contributed by atoms with Crippen molar-refractivity contribution in [2.24, 2.45) is 5.73 Å². The standard InChI is InChI=1S/C14H23NO.ClH/c1-5-13(15)9-12-8-11(10(2)3)6-7-14(12)16-4;/h6-8,10,13H,5,9,15H2,1-4H3;1H. The molecule has 0 aliphatic carbocycles. The van der Waals surface area contributed by atoms with Crippen molar-refractivity contribution in [3.63, 3.8) is 0 Å². The molecule has 1 atom stereocenters. The largest absolute Gasteiger partial charge is 0.496 e. The number of hydrogen-bond acceptors (Lipinski definition) is 2. The lowest BCUT2D eigenvalue weighted by Gasteiger charge is -2.15. The quantitative estimate of drug-likeness (QED) is 0.876. The van der Waals surface area contributed by atoms with E-state index in [4.69, 9.17) is 10.5 Å². The Labute approximate surface area is 111 Å². The van der Waals surface area contributed by atoms with Gasteiger partial charge in [-0.05, 0) is 36.0 Å². The third-order valence-electron chi connectivity index (χ3n) is 2.98. The SMILES string of the molecule is CCC(N)Cc1cc(C(C)C)ccc1OC.Cl. The molecule has 3 heteroatoms. The van der Waals surface area contributed by atoms with Crippen LogP contribution >= 0.6 is 12.4 Å². The Morgan fingerprint density at radius 2 is 1.94 bits per heavy atom. The summed E-state index contributed by atoms with van der Waals surface area (Å²) in [5.74, 6) is 1.50. The second kappa shape index (κ2) is 7.57. The molecule has 0 aromatic heterocycles. The molecule has 98 valence electrons. The van der Waals surface area contributed by atoms with Crippen molar-refractivity contribution >= 4 is 12.4 Å². The van der Waals surface area contributed by atoms with Gasteiger partial charge >= 0.3 is 0 Å². The topological polar surface area (TPSA) is 35.2 Å². The van der Waals surface area contributed by atoms with E-state index in [9.17, 15) is 0 Å². The fourth-order valence-electron chi connectivity index (χ4n) is 1.74. The molecule has 0 aliphatic rings. The Kier molecular flexibility index (Phi) is 7.24. The first kappa shape index (κ1) is 16.3. The zero-order valence-corrected chi connectivity index (χ0v) is 12.0. The molecule has 0 fully saturated rings. The summed E-state index contributed by atoms with van der Waals surface area (Å²) in [5, 5.41) is 0. The van der Waals surface area contributed by atoms with Crippen LogP contribution in [0.2, 0.25) is 0 Å². The van der Waals surface area contributed by atoms with E-state index in [1.165, 1.54) is 11.1 Å². The summed E-state index contributed by atoms with van der Waals surface area (Å²) < 4.78 is 5.37. The van der Waals surface area contributed by atoms with Gasteiger partial charge in [-0.1, -0.05) is 32.9 Å². The van der Waals surface area contributed by atoms with Gasteiger partial charge in [-0.25, -0.2) is 0 Å². The lowest BCUT2D eigenvalue weighted by atomic mass is 9.96. The fourth-order valence-corrected chi connectivity index (χ4v) is 1.74. The number of methoxy groups -OCH3 is 1. The summed E-state index contributed by atoms with van der Waals surface area (Å²) in [6, 6.07) is 6.62. The van der Waals surface area contributed by atoms with Crippen LogP contribution in [0.25, 0.3) is 0 Å². The number of hydrogen-bond donors (Lipinski definition) is 1. The molecule has 0 heterocycles. The normalized spacial score (nSPS) is 12.1. The van der Waals surface area contributed by atoms with Crippen molar-refractivity contribution < 1.29 is 4.74 Å². The summed E-state index contributed by atoms with van der Waals surface area (Å²) in [5.41, 5.74) is 8.57. The van der Waals surface area contributed by atoms with Gasteiger partial charge in [-0.2, -0.15) is 0 Å². The Morgan fingerprint density at radius 3 is 2.41 bits per heavy atom. The molecule has 0 aliphatic heterocycles. The third-order valence-corrected chi connectivity index (χ3v) is 2.98. The Balaban J connectivity index is 0.00000256. The van der Waals surface area contributed by atoms with E-state index in [0.717, 1.165) is 18.6 Å². The van der Waals surface area contributed by atoms with E-state index < -0.39 is 0 Å². The molecule has 0 bridgehead atoms. The van der Waals surface area contributed by atoms with Gasteiger partial charge in [0, 0.05) is 6.04 Å². The van der Waals surface area contributed by atoms with E-state index in [-0.39, 0.29) is 18.4 Å². The first-order valence-corrected chi connectivity index (χ1v) is 6.00. The second-order valence-electron chi connectivity index (χ2n) is 4.60. The molecule has 1 unspecified atom stereocenters. The molecule has 1 aromatic carbocycles. The summed E-state index contributed by atoms with van der Waals surface area (Å²) in [7, 11) is 1.71. The number of benzene rings is 1. The Hall–Kier alpha value is -0.730. The highest BCUT2D eigenvalue weighted by molar-refractivity contribution is 5.85. The Morgan fingerprint density at radius 1 is 1.29 bits per heavy atom. The molecule has 2 N–H and O–H groups in total. The Bertz CT molecular complexity index is 339. The van der Waals surface area contributed by atoms with Crippen LogP contribution in [0.3, 0.4) is 0 Å². The van der Waals surface area contributed by atoms with Gasteiger partial charge < -0.3 is 10.5 Å². The van der Waals surface area contributed by atoms with Gasteiger partial charge in [0.25, 0.3) is 0 Å². The second-order valence-corrected chi connectivity index (χ2v) is 4.60. The van der Waals surface area contributed by atoms with Gasteiger partial charge in [-0.3, -0.25) is 0 Å². The minimum atomic E-state index is 0. The third kappa shape index (κ3) is 4.57. The van der Waals surface area contributed by atoms with Crippen LogP contribution in [0.5, 0.6) is 5.75 Å². The number of ether oxygens (including phenoxy) is 1. The van der Waals surface area contributed by atoms with Crippen molar-refractivity contribution in [1.29, 1.82) is 0 Å². The summed E-state index contributed by atoms with van der Waals surface area (Å²) in [4.78, 5) is 0. The van der Waals surface area contributed by atoms with Crippen LogP contribution < -0.4 is 10.5 Å². The van der Waals surface area contributed by atoms with Crippen LogP contribution in [0.1, 0.15) is 44.2 Å². The number of nitrogens with two attached hydrogens (primary N) is 1. The highest BCUT2D eigenvalue weighted by atomic mass is 35.5. The minimum Gasteiger partial charge on any atom is -0.496 e. The van der Waals surface area contributed by atoms with Crippen molar-refractivity contribution in [2.75, 3.05) is 7.11 Å². The highest BCUT2D eigenvalue weighted by Crippen LogP contribution is 2.25. The predicted molar refractivity (Wildman–Crippen MR) is 76.3 cm³/mol. The molecule has 1 rings (SSSR count). The molecule has 0 amide bonds. The van der Waals surface area contributed by atoms with E-state index in [1.54, 1.807) is 7.11 Å². The van der Waals surface area contributed by atoms with Gasteiger partial charge in [-0.15, -0.1) is 12.4 Å². The highest BCUT2D eigenvalue weighted by Gasteiger charge is 2.09. The van der Waals surface area contributed by atoms with E-state index in [0.29, 0.717) is 5.92 Å². The smallest absolute Gasteiger partial charge is 0.122 e. The molecular weight excluding hydrogens is 234 g/mol. The van der Waals surface area contributed by atoms with Gasteiger partial charge in [0.15, 0.2) is 0 Å². The lowest BCUT2D eigenvalue weighted by molar-refractivity contribution is 0.407. The molecule has 2 nitrogen and oxygen atoms in total. The summed E-state index contributed by atoms with van der Waals surface area (Å²) in [6.45, 7) is 6.51. The first-order chi connectivity index (χ1) is 7.58. The van der Waals surface area contributed by atoms with Gasteiger partial charge in [0.05, 0.1) is 7.11 Å². The van der Waals surface area contributed by atoms with E-state index in [1.807, 2.05) is 6.07 Å². The maximum atomic E-state index is 6.00. The summed E-state index contributed by atoms with van der Waals surface area (Å²) in [6.07, 6.45) is 1.88.